The molecule has 4 aromatic carbocycles. The molecule has 0 bridgehead atoms. The summed E-state index contributed by atoms with van der Waals surface area (Å²) in [6, 6.07) is 10.8. The number of rotatable bonds is 27. The standard InChI is InChI=1S/C30H41F2N9O3.C24H32F2N8O2.C6H11NO2.ClH/c1-30(2,43)19-14-20(31)21(32)15-22(19)36-28-33-18-34-29(38-28)37-24-16-23(35-27(42)10-9-11-39(3)4)25(17-26(24)44-8)41(7)13-12-40(5)6;1-24(2,35)14-9-15(25)16(26)10-18(14)30-22-28-13-29-23(32-22)31-19-11-17(27)20(12-21(19)36-6)34(5)8-7-33(3)4;1-7(2)5-3-4-6(8)9;/h9-10,14-18,43H,11-13H2,1-8H3,(H,35,42)(H2,33,34,36,37,38);9-13,35H,7-8,27H2,1-6H3,(H2,28,29,30,31,32);3-4H,5H2,1-2H3,(H,8,9);1H/b10-9+;;4-3+;. The van der Waals surface area contributed by atoms with Gasteiger partial charge in [-0.1, -0.05) is 12.2 Å². The second kappa shape index (κ2) is 34.9. The van der Waals surface area contributed by atoms with E-state index < -0.39 is 40.4 Å². The number of ether oxygens (including phenoxy) is 2. The van der Waals surface area contributed by atoms with Gasteiger partial charge in [0.25, 0.3) is 0 Å². The zero-order valence-electron chi connectivity index (χ0n) is 53.7. The summed E-state index contributed by atoms with van der Waals surface area (Å²) in [4.78, 5) is 59.8. The number of anilines is 12. The Kier molecular flexibility index (Phi) is 29.3. The van der Waals surface area contributed by atoms with Gasteiger partial charge in [0, 0.05) is 101 Å². The van der Waals surface area contributed by atoms with Gasteiger partial charge in [-0.25, -0.2) is 42.3 Å². The fourth-order valence-corrected chi connectivity index (χ4v) is 7.91. The molecule has 0 atom stereocenters. The van der Waals surface area contributed by atoms with E-state index in [1.807, 2.05) is 96.1 Å². The number of carboxylic acid groups (broad SMARTS) is 1. The van der Waals surface area contributed by atoms with E-state index in [1.165, 1.54) is 53.5 Å². The number of nitrogens with two attached hydrogens (primary N) is 1. The summed E-state index contributed by atoms with van der Waals surface area (Å²) in [6.07, 6.45) is 8.46. The third kappa shape index (κ3) is 24.3. The Morgan fingerprint density at radius 2 is 0.889 bits per heavy atom. The van der Waals surface area contributed by atoms with E-state index in [-0.39, 0.29) is 64.6 Å². The highest BCUT2D eigenvalue weighted by molar-refractivity contribution is 6.02. The minimum Gasteiger partial charge on any atom is -0.494 e. The van der Waals surface area contributed by atoms with Gasteiger partial charge in [0.15, 0.2) is 23.3 Å². The Labute approximate surface area is 529 Å². The molecule has 0 aliphatic carbocycles. The van der Waals surface area contributed by atoms with Crippen LogP contribution in [0.1, 0.15) is 38.8 Å². The van der Waals surface area contributed by atoms with Crippen LogP contribution in [-0.4, -0.2) is 201 Å². The number of likely N-dealkylation sites (N-methyl/N-ethyl adjacent to an activating group) is 6. The van der Waals surface area contributed by atoms with Gasteiger partial charge in [0.2, 0.25) is 29.7 Å². The van der Waals surface area contributed by atoms with Crippen molar-refractivity contribution in [3.63, 3.8) is 0 Å². The molecule has 0 aliphatic rings. The predicted octanol–water partition coefficient (Wildman–Crippen LogP) is 7.99. The molecule has 0 saturated heterocycles. The van der Waals surface area contributed by atoms with Crippen molar-refractivity contribution in [2.75, 3.05) is 166 Å². The molecule has 30 heteroatoms. The van der Waals surface area contributed by atoms with Crippen molar-refractivity contribution in [2.24, 2.45) is 0 Å². The number of nitrogens with zero attached hydrogens (tertiary/aromatic N) is 12. The first-order valence-corrected chi connectivity index (χ1v) is 27.7. The van der Waals surface area contributed by atoms with Gasteiger partial charge in [-0.05, 0) is 108 Å². The number of carbonyl (C=O) groups excluding carboxylic acids is 1. The van der Waals surface area contributed by atoms with Crippen LogP contribution in [0, 0.1) is 23.3 Å². The lowest BCUT2D eigenvalue weighted by atomic mass is 9.96. The first-order valence-electron chi connectivity index (χ1n) is 27.7. The zero-order chi connectivity index (χ0) is 66.5. The lowest BCUT2D eigenvalue weighted by molar-refractivity contribution is -0.131. The zero-order valence-corrected chi connectivity index (χ0v) is 54.5. The normalized spacial score (nSPS) is 11.4. The van der Waals surface area contributed by atoms with Gasteiger partial charge in [-0.2, -0.15) is 9.97 Å². The lowest BCUT2D eigenvalue weighted by Gasteiger charge is -2.26. The summed E-state index contributed by atoms with van der Waals surface area (Å²) in [5.41, 5.74) is 7.43. The van der Waals surface area contributed by atoms with E-state index in [9.17, 15) is 37.4 Å². The number of aliphatic hydroxyl groups is 2. The first-order chi connectivity index (χ1) is 41.7. The van der Waals surface area contributed by atoms with Crippen molar-refractivity contribution < 1.29 is 51.9 Å². The summed E-state index contributed by atoms with van der Waals surface area (Å²) < 4.78 is 67.0. The molecule has 2 heterocycles. The van der Waals surface area contributed by atoms with E-state index >= 15 is 0 Å². The van der Waals surface area contributed by atoms with Crippen LogP contribution in [0.3, 0.4) is 0 Å². The Morgan fingerprint density at radius 1 is 0.522 bits per heavy atom. The third-order valence-electron chi connectivity index (χ3n) is 12.6. The number of aliphatic carboxylic acids is 1. The number of hydrogen-bond donors (Lipinski definition) is 9. The topological polar surface area (TPSA) is 296 Å². The lowest BCUT2D eigenvalue weighted by Crippen LogP contribution is -2.29. The molecule has 0 aliphatic heterocycles. The molecular formula is C60H85ClF4N18O7. The van der Waals surface area contributed by atoms with E-state index in [4.69, 9.17) is 20.3 Å². The van der Waals surface area contributed by atoms with Gasteiger partial charge in [-0.3, -0.25) is 4.79 Å². The highest BCUT2D eigenvalue weighted by Crippen LogP contribution is 2.40. The highest BCUT2D eigenvalue weighted by atomic mass is 35.5. The number of methoxy groups -OCH3 is 2. The first kappa shape index (κ1) is 75.5. The van der Waals surface area contributed by atoms with Crippen LogP contribution in [0.2, 0.25) is 0 Å². The molecule has 0 radical (unpaired) electrons. The maximum Gasteiger partial charge on any atom is 0.328 e. The molecule has 6 rings (SSSR count). The number of benzene rings is 4. The van der Waals surface area contributed by atoms with Crippen molar-refractivity contribution in [3.05, 3.63) is 120 Å². The second-order valence-corrected chi connectivity index (χ2v) is 22.3. The van der Waals surface area contributed by atoms with Gasteiger partial charge in [0.1, 0.15) is 24.2 Å². The summed E-state index contributed by atoms with van der Waals surface area (Å²) in [6.45, 7) is 10.2. The Bertz CT molecular complexity index is 3390. The predicted molar refractivity (Wildman–Crippen MR) is 349 cm³/mol. The third-order valence-corrected chi connectivity index (χ3v) is 12.6. The van der Waals surface area contributed by atoms with Crippen LogP contribution >= 0.6 is 12.4 Å². The summed E-state index contributed by atoms with van der Waals surface area (Å²) in [5.74, 6) is -4.23. The quantitative estimate of drug-likeness (QED) is 0.0134. The van der Waals surface area contributed by atoms with Crippen molar-refractivity contribution in [2.45, 2.75) is 38.9 Å². The molecule has 2 aromatic heterocycles. The number of carbonyl (C=O) groups is 2. The van der Waals surface area contributed by atoms with E-state index in [0.29, 0.717) is 53.9 Å². The fraction of sp³-hybridized carbons (Fsp3) is 0.400. The molecule has 10 N–H and O–H groups in total. The number of nitrogen functional groups attached to an aromatic ring is 1. The molecule has 6 aromatic rings. The van der Waals surface area contributed by atoms with E-state index in [2.05, 4.69) is 66.3 Å². The molecule has 0 spiro atoms. The molecular weight excluding hydrogens is 1200 g/mol. The molecule has 1 amide bonds. The maximum absolute atomic E-state index is 14.1. The number of aromatic nitrogens is 6. The van der Waals surface area contributed by atoms with Crippen molar-refractivity contribution >= 4 is 93.6 Å². The monoisotopic (exact) mass is 1280 g/mol. The Hall–Kier alpha value is -8.71. The number of nitrogens with one attached hydrogen (secondary N) is 5. The van der Waals surface area contributed by atoms with E-state index in [1.54, 1.807) is 37.5 Å². The van der Waals surface area contributed by atoms with Gasteiger partial charge in [0.05, 0.1) is 70.9 Å². The minimum absolute atomic E-state index is 0. The molecule has 25 nitrogen and oxygen atoms in total. The van der Waals surface area contributed by atoms with Gasteiger partial charge >= 0.3 is 5.97 Å². The average molecular weight is 1280 g/mol. The maximum atomic E-state index is 14.1. The minimum atomic E-state index is -1.48. The van der Waals surface area contributed by atoms with Crippen LogP contribution < -0.4 is 51.6 Å². The molecule has 0 saturated carbocycles. The number of amides is 1. The highest BCUT2D eigenvalue weighted by Gasteiger charge is 2.26. The number of carboxylic acids is 1. The van der Waals surface area contributed by atoms with Gasteiger partial charge in [-0.15, -0.1) is 12.4 Å². The smallest absolute Gasteiger partial charge is 0.328 e. The largest absolute Gasteiger partial charge is 0.494 e. The van der Waals surface area contributed by atoms with Crippen LogP contribution in [0.15, 0.2) is 85.5 Å². The Balaban J connectivity index is 0.000000415. The van der Waals surface area contributed by atoms with Crippen LogP contribution in [0.25, 0.3) is 0 Å². The van der Waals surface area contributed by atoms with Crippen molar-refractivity contribution in [1.29, 1.82) is 0 Å². The number of halogens is 5. The SMILES string of the molecule is CN(C)C/C=C/C(=O)O.COc1cc(N(C)CCN(C)C)c(N)cc1Nc1ncnc(Nc2cc(F)c(F)cc2C(C)(C)O)n1.COc1cc(N(C)CCN(C)C)c(NC(=O)/C=C/CN(C)C)cc1Nc1ncnc(Nc2cc(F)c(F)cc2C(C)(C)O)n1.Cl. The number of hydrogen-bond acceptors (Lipinski definition) is 23. The molecule has 90 heavy (non-hydrogen) atoms. The average Bonchev–Trinajstić information content (AvgIpc) is 1.32. The summed E-state index contributed by atoms with van der Waals surface area (Å²) in [5, 5.41) is 43.8. The second-order valence-electron chi connectivity index (χ2n) is 22.3. The van der Waals surface area contributed by atoms with Gasteiger partial charge < -0.3 is 86.5 Å². The molecule has 492 valence electrons. The van der Waals surface area contributed by atoms with Crippen molar-refractivity contribution in [3.8, 4) is 11.5 Å². The summed E-state index contributed by atoms with van der Waals surface area (Å²) >= 11 is 0. The fourth-order valence-electron chi connectivity index (χ4n) is 7.91. The molecule has 0 fully saturated rings. The van der Waals surface area contributed by atoms with Crippen LogP contribution in [-0.2, 0) is 20.8 Å². The molecule has 0 unspecified atom stereocenters. The van der Waals surface area contributed by atoms with Crippen molar-refractivity contribution in [1.82, 2.24) is 49.5 Å². The summed E-state index contributed by atoms with van der Waals surface area (Å²) in [7, 11) is 22.5. The Morgan fingerprint density at radius 3 is 1.27 bits per heavy atom. The van der Waals surface area contributed by atoms with Crippen LogP contribution in [0.4, 0.5) is 86.9 Å². The van der Waals surface area contributed by atoms with E-state index in [0.717, 1.165) is 61.4 Å². The van der Waals surface area contributed by atoms with Crippen LogP contribution in [0.5, 0.6) is 11.5 Å².